The Morgan fingerprint density at radius 1 is 0.304 bits per heavy atom. The fourth-order valence-electron chi connectivity index (χ4n) is 8.88. The average Bonchev–Trinajstić information content (AvgIpc) is 3.83. The largest absolute Gasteiger partial charge is 0.308 e. The number of nitrogens with zero attached hydrogens (tertiary/aromatic N) is 2. The molecule has 0 fully saturated rings. The van der Waals surface area contributed by atoms with Crippen molar-refractivity contribution in [2.24, 2.45) is 0 Å². The summed E-state index contributed by atoms with van der Waals surface area (Å²) in [5, 5.41) is 15.7. The van der Waals surface area contributed by atoms with E-state index < -0.39 is 0 Å². The standard InChI is InChI=1S/C44H24N2/c1-2-11-29-25(9-1)19-20-40-42(29)37-23-27(22-36-31-13-4-6-18-39(31)45(40)44(36)37)28-14-7-10-26-21-35-33-16-8-15-32-30-12-3-5-17-38(30)46(43(32)33)41(35)24-34(26)28/h1-24H. The maximum absolute atomic E-state index is 2.49. The Morgan fingerprint density at radius 3 is 1.76 bits per heavy atom. The lowest BCUT2D eigenvalue weighted by Crippen LogP contribution is -1.85. The van der Waals surface area contributed by atoms with Crippen molar-refractivity contribution in [3.63, 3.8) is 0 Å². The van der Waals surface area contributed by atoms with E-state index in [4.69, 9.17) is 0 Å². The molecule has 0 radical (unpaired) electrons. The van der Waals surface area contributed by atoms with Crippen molar-refractivity contribution in [3.8, 4) is 11.1 Å². The normalized spacial score (nSPS) is 12.8. The molecule has 0 unspecified atom stereocenters. The first-order valence-electron chi connectivity index (χ1n) is 16.0. The van der Waals surface area contributed by atoms with Crippen LogP contribution in [0, 0.1) is 0 Å². The number of hydrogen-bond acceptors (Lipinski definition) is 0. The van der Waals surface area contributed by atoms with Gasteiger partial charge in [0.25, 0.3) is 0 Å². The molecule has 12 rings (SSSR count). The summed E-state index contributed by atoms with van der Waals surface area (Å²) in [6.45, 7) is 0. The monoisotopic (exact) mass is 580 g/mol. The predicted molar refractivity (Wildman–Crippen MR) is 196 cm³/mol. The third-order valence-electron chi connectivity index (χ3n) is 10.7. The summed E-state index contributed by atoms with van der Waals surface area (Å²) in [5.74, 6) is 0. The van der Waals surface area contributed by atoms with Crippen LogP contribution in [0.4, 0.5) is 0 Å². The number of fused-ring (bicyclic) bond motifs is 15. The highest BCUT2D eigenvalue weighted by molar-refractivity contribution is 6.30. The summed E-state index contributed by atoms with van der Waals surface area (Å²) >= 11 is 0. The molecule has 0 bridgehead atoms. The molecule has 0 spiro atoms. The van der Waals surface area contributed by atoms with Crippen LogP contribution in [0.1, 0.15) is 0 Å². The third-order valence-corrected chi connectivity index (χ3v) is 10.7. The van der Waals surface area contributed by atoms with Gasteiger partial charge in [-0.2, -0.15) is 0 Å². The van der Waals surface area contributed by atoms with Crippen LogP contribution in [0.3, 0.4) is 0 Å². The summed E-state index contributed by atoms with van der Waals surface area (Å²) in [4.78, 5) is 0. The van der Waals surface area contributed by atoms with Gasteiger partial charge in [-0.1, -0.05) is 103 Å². The fraction of sp³-hybridized carbons (Fsp3) is 0. The molecule has 0 amide bonds. The Bertz CT molecular complexity index is 3240. The Morgan fingerprint density at radius 2 is 0.913 bits per heavy atom. The van der Waals surface area contributed by atoms with Gasteiger partial charge in [-0.3, -0.25) is 0 Å². The molecule has 0 atom stereocenters. The first kappa shape index (κ1) is 23.3. The van der Waals surface area contributed by atoms with E-state index in [9.17, 15) is 0 Å². The van der Waals surface area contributed by atoms with E-state index in [1.165, 1.54) is 109 Å². The van der Waals surface area contributed by atoms with Gasteiger partial charge in [-0.15, -0.1) is 0 Å². The molecule has 0 saturated heterocycles. The number of benzene rings is 8. The molecule has 4 heterocycles. The second-order valence-electron chi connectivity index (χ2n) is 12.9. The molecule has 2 nitrogen and oxygen atoms in total. The Kier molecular flexibility index (Phi) is 4.01. The van der Waals surface area contributed by atoms with Gasteiger partial charge in [0.05, 0.1) is 33.1 Å². The first-order valence-corrected chi connectivity index (χ1v) is 16.0. The Labute approximate surface area is 262 Å². The van der Waals surface area contributed by atoms with Crippen LogP contribution < -0.4 is 0 Å². The summed E-state index contributed by atoms with van der Waals surface area (Å²) in [6, 6.07) is 54.4. The van der Waals surface area contributed by atoms with E-state index in [1.807, 2.05) is 0 Å². The van der Waals surface area contributed by atoms with Crippen LogP contribution in [-0.2, 0) is 0 Å². The van der Waals surface area contributed by atoms with Crippen molar-refractivity contribution in [1.29, 1.82) is 0 Å². The number of hydrogen-bond donors (Lipinski definition) is 0. The Hall–Kier alpha value is -6.12. The lowest BCUT2D eigenvalue weighted by Gasteiger charge is -2.10. The number of rotatable bonds is 1. The van der Waals surface area contributed by atoms with Gasteiger partial charge in [0.1, 0.15) is 0 Å². The van der Waals surface area contributed by atoms with E-state index in [0.29, 0.717) is 0 Å². The fourth-order valence-corrected chi connectivity index (χ4v) is 8.88. The summed E-state index contributed by atoms with van der Waals surface area (Å²) in [7, 11) is 0. The van der Waals surface area contributed by atoms with Crippen molar-refractivity contribution in [3.05, 3.63) is 146 Å². The van der Waals surface area contributed by atoms with Crippen LogP contribution in [0.25, 0.3) is 109 Å². The molecule has 0 saturated carbocycles. The second kappa shape index (κ2) is 7.93. The molecule has 210 valence electrons. The molecule has 0 aliphatic heterocycles. The molecule has 8 aromatic carbocycles. The van der Waals surface area contributed by atoms with Crippen molar-refractivity contribution in [2.45, 2.75) is 0 Å². The highest BCUT2D eigenvalue weighted by atomic mass is 14.9. The van der Waals surface area contributed by atoms with Crippen molar-refractivity contribution in [2.75, 3.05) is 0 Å². The van der Waals surface area contributed by atoms with Crippen molar-refractivity contribution in [1.82, 2.24) is 8.80 Å². The molecule has 2 heteroatoms. The van der Waals surface area contributed by atoms with Crippen molar-refractivity contribution < 1.29 is 0 Å². The van der Waals surface area contributed by atoms with Gasteiger partial charge in [0.2, 0.25) is 0 Å². The Balaban J connectivity index is 1.26. The molecule has 0 aliphatic rings. The zero-order valence-electron chi connectivity index (χ0n) is 24.8. The molecule has 0 aliphatic carbocycles. The molecular formula is C44H24N2. The van der Waals surface area contributed by atoms with Gasteiger partial charge >= 0.3 is 0 Å². The zero-order valence-corrected chi connectivity index (χ0v) is 24.8. The second-order valence-corrected chi connectivity index (χ2v) is 12.9. The molecule has 12 aromatic rings. The average molecular weight is 581 g/mol. The summed E-state index contributed by atoms with van der Waals surface area (Å²) < 4.78 is 4.98. The van der Waals surface area contributed by atoms with Gasteiger partial charge in [-0.25, -0.2) is 0 Å². The van der Waals surface area contributed by atoms with Gasteiger partial charge in [-0.05, 0) is 75.1 Å². The molecule has 0 N–H and O–H groups in total. The maximum atomic E-state index is 2.49. The van der Waals surface area contributed by atoms with Crippen LogP contribution >= 0.6 is 0 Å². The van der Waals surface area contributed by atoms with E-state index in [0.717, 1.165) is 0 Å². The minimum atomic E-state index is 1.26. The number of aromatic nitrogens is 2. The van der Waals surface area contributed by atoms with E-state index in [1.54, 1.807) is 0 Å². The molecular weight excluding hydrogens is 556 g/mol. The summed E-state index contributed by atoms with van der Waals surface area (Å²) in [5.41, 5.74) is 10.2. The van der Waals surface area contributed by atoms with Gasteiger partial charge < -0.3 is 8.80 Å². The van der Waals surface area contributed by atoms with Crippen LogP contribution in [0.2, 0.25) is 0 Å². The smallest absolute Gasteiger partial charge is 0.0621 e. The van der Waals surface area contributed by atoms with E-state index in [-0.39, 0.29) is 0 Å². The highest BCUT2D eigenvalue weighted by Crippen LogP contribution is 2.46. The van der Waals surface area contributed by atoms with Gasteiger partial charge in [0, 0.05) is 43.1 Å². The van der Waals surface area contributed by atoms with Gasteiger partial charge in [0.15, 0.2) is 0 Å². The lowest BCUT2D eigenvalue weighted by molar-refractivity contribution is 1.37. The minimum Gasteiger partial charge on any atom is -0.308 e. The summed E-state index contributed by atoms with van der Waals surface area (Å²) in [6.07, 6.45) is 0. The molecule has 46 heavy (non-hydrogen) atoms. The van der Waals surface area contributed by atoms with E-state index in [2.05, 4.69) is 154 Å². The lowest BCUT2D eigenvalue weighted by atomic mass is 9.93. The SMILES string of the molecule is c1cc(-c2cc3c4ccccc4n4c5ccc6ccccc6c5c(c2)c34)c2cc3c(cc2c1)c1cccc2c4ccccc4n3c21. The predicted octanol–water partition coefficient (Wildman–Crippen LogP) is 12.0. The van der Waals surface area contributed by atoms with Crippen molar-refractivity contribution >= 4 is 97.7 Å². The third kappa shape index (κ3) is 2.63. The molecule has 4 aromatic heterocycles. The van der Waals surface area contributed by atoms with Crippen LogP contribution in [-0.4, -0.2) is 8.80 Å². The van der Waals surface area contributed by atoms with E-state index >= 15 is 0 Å². The quantitative estimate of drug-likeness (QED) is 0.183. The first-order chi connectivity index (χ1) is 22.8. The van der Waals surface area contributed by atoms with Crippen LogP contribution in [0.15, 0.2) is 146 Å². The zero-order chi connectivity index (χ0) is 29.7. The highest BCUT2D eigenvalue weighted by Gasteiger charge is 2.22. The topological polar surface area (TPSA) is 8.82 Å². The van der Waals surface area contributed by atoms with Crippen LogP contribution in [0.5, 0.6) is 0 Å². The maximum Gasteiger partial charge on any atom is 0.0621 e. The number of para-hydroxylation sites is 3. The minimum absolute atomic E-state index is 1.26.